The Balaban J connectivity index is 3.07. The van der Waals surface area contributed by atoms with Gasteiger partial charge in [-0.3, -0.25) is 4.79 Å². The van der Waals surface area contributed by atoms with Gasteiger partial charge in [0.15, 0.2) is 0 Å². The van der Waals surface area contributed by atoms with Crippen molar-refractivity contribution in [3.05, 3.63) is 33.7 Å². The Bertz CT molecular complexity index is 410. The molecule has 0 saturated carbocycles. The van der Waals surface area contributed by atoms with Gasteiger partial charge >= 0.3 is 0 Å². The third kappa shape index (κ3) is 3.41. The quantitative estimate of drug-likeness (QED) is 0.763. The van der Waals surface area contributed by atoms with E-state index in [0.717, 1.165) is 12.1 Å². The molecular formula is C13H22N2O2. The van der Waals surface area contributed by atoms with Gasteiger partial charge < -0.3 is 15.0 Å². The number of nitrogens with two attached hydrogens (primary N) is 1. The van der Waals surface area contributed by atoms with Crippen LogP contribution in [0, 0.1) is 0 Å². The molecule has 0 aliphatic carbocycles. The summed E-state index contributed by atoms with van der Waals surface area (Å²) < 4.78 is 6.85. The topological polar surface area (TPSA) is 57.2 Å². The average molecular weight is 238 g/mol. The highest BCUT2D eigenvalue weighted by Gasteiger charge is 2.10. The Morgan fingerprint density at radius 1 is 1.41 bits per heavy atom. The first-order chi connectivity index (χ1) is 8.11. The summed E-state index contributed by atoms with van der Waals surface area (Å²) in [5.41, 5.74) is 7.33. The first-order valence-electron chi connectivity index (χ1n) is 6.03. The number of hydrogen-bond donors (Lipinski definition) is 1. The fraction of sp³-hybridized carbons (Fsp3) is 0.615. The Morgan fingerprint density at radius 2 is 2.12 bits per heavy atom. The molecule has 96 valence electrons. The molecule has 0 amide bonds. The van der Waals surface area contributed by atoms with E-state index in [1.165, 1.54) is 0 Å². The minimum atomic E-state index is 0.0369. The van der Waals surface area contributed by atoms with Crippen LogP contribution in [0.1, 0.15) is 37.4 Å². The first kappa shape index (κ1) is 13.9. The van der Waals surface area contributed by atoms with Crippen molar-refractivity contribution in [1.29, 1.82) is 0 Å². The van der Waals surface area contributed by atoms with Crippen molar-refractivity contribution in [1.82, 2.24) is 4.57 Å². The summed E-state index contributed by atoms with van der Waals surface area (Å²) in [6.07, 6.45) is 0.837. The van der Waals surface area contributed by atoms with Crippen LogP contribution in [0.5, 0.6) is 0 Å². The molecule has 0 aromatic carbocycles. The van der Waals surface area contributed by atoms with Crippen LogP contribution in [-0.2, 0) is 17.8 Å². The molecule has 0 radical (unpaired) electrons. The first-order valence-corrected chi connectivity index (χ1v) is 6.03. The summed E-state index contributed by atoms with van der Waals surface area (Å²) in [7, 11) is 1.67. The molecule has 0 fully saturated rings. The average Bonchev–Trinajstić information content (AvgIpc) is 2.31. The largest absolute Gasteiger partial charge is 0.385 e. The van der Waals surface area contributed by atoms with Crippen molar-refractivity contribution in [3.8, 4) is 0 Å². The Hall–Kier alpha value is -1.13. The minimum Gasteiger partial charge on any atom is -0.385 e. The van der Waals surface area contributed by atoms with Gasteiger partial charge in [-0.1, -0.05) is 19.9 Å². The van der Waals surface area contributed by atoms with Gasteiger partial charge in [-0.2, -0.15) is 0 Å². The van der Waals surface area contributed by atoms with Gasteiger partial charge in [0.1, 0.15) is 0 Å². The summed E-state index contributed by atoms with van der Waals surface area (Å²) in [6, 6.07) is 3.84. The second-order valence-electron chi connectivity index (χ2n) is 4.45. The van der Waals surface area contributed by atoms with Gasteiger partial charge in [0.05, 0.1) is 0 Å². The lowest BCUT2D eigenvalue weighted by atomic mass is 10.1. The standard InChI is InChI=1S/C13H22N2O2/c1-10(2)12-6-5-11(9-14)13(16)15(12)7-4-8-17-3/h5-6,10H,4,7-9,14H2,1-3H3. The third-order valence-corrected chi connectivity index (χ3v) is 2.83. The van der Waals surface area contributed by atoms with E-state index in [-0.39, 0.29) is 5.56 Å². The van der Waals surface area contributed by atoms with Crippen molar-refractivity contribution >= 4 is 0 Å². The number of ether oxygens (including phenoxy) is 1. The summed E-state index contributed by atoms with van der Waals surface area (Å²) in [4.78, 5) is 12.2. The van der Waals surface area contributed by atoms with Crippen molar-refractivity contribution < 1.29 is 4.74 Å². The number of nitrogens with zero attached hydrogens (tertiary/aromatic N) is 1. The highest BCUT2D eigenvalue weighted by atomic mass is 16.5. The van der Waals surface area contributed by atoms with Gasteiger partial charge in [0.25, 0.3) is 5.56 Å². The van der Waals surface area contributed by atoms with Gasteiger partial charge in [-0.25, -0.2) is 0 Å². The lowest BCUT2D eigenvalue weighted by Crippen LogP contribution is -2.28. The van der Waals surface area contributed by atoms with Crippen LogP contribution in [0.2, 0.25) is 0 Å². The van der Waals surface area contributed by atoms with E-state index < -0.39 is 0 Å². The van der Waals surface area contributed by atoms with Gasteiger partial charge in [-0.15, -0.1) is 0 Å². The second-order valence-corrected chi connectivity index (χ2v) is 4.45. The normalized spacial score (nSPS) is 11.1. The molecule has 0 aliphatic heterocycles. The van der Waals surface area contributed by atoms with Gasteiger partial charge in [0.2, 0.25) is 0 Å². The molecule has 1 rings (SSSR count). The van der Waals surface area contributed by atoms with Crippen LogP contribution >= 0.6 is 0 Å². The molecule has 2 N–H and O–H groups in total. The van der Waals surface area contributed by atoms with Gasteiger partial charge in [0, 0.05) is 38.1 Å². The van der Waals surface area contributed by atoms with Gasteiger partial charge in [-0.05, 0) is 18.4 Å². The maximum atomic E-state index is 12.2. The second kappa shape index (κ2) is 6.57. The highest BCUT2D eigenvalue weighted by molar-refractivity contribution is 5.18. The molecule has 1 heterocycles. The summed E-state index contributed by atoms with van der Waals surface area (Å²) in [5.74, 6) is 0.331. The molecule has 4 heteroatoms. The molecule has 0 atom stereocenters. The van der Waals surface area contributed by atoms with E-state index in [1.54, 1.807) is 7.11 Å². The molecule has 0 saturated heterocycles. The molecule has 17 heavy (non-hydrogen) atoms. The Labute approximate surface area is 102 Å². The maximum Gasteiger partial charge on any atom is 0.255 e. The summed E-state index contributed by atoms with van der Waals surface area (Å²) in [6.45, 7) is 5.82. The Morgan fingerprint density at radius 3 is 2.65 bits per heavy atom. The SMILES string of the molecule is COCCCn1c(C(C)C)ccc(CN)c1=O. The zero-order chi connectivity index (χ0) is 12.8. The van der Waals surface area contributed by atoms with Crippen molar-refractivity contribution in [2.24, 2.45) is 5.73 Å². The number of rotatable bonds is 6. The number of pyridine rings is 1. The van der Waals surface area contributed by atoms with E-state index >= 15 is 0 Å². The zero-order valence-electron chi connectivity index (χ0n) is 10.9. The molecule has 1 aromatic rings. The smallest absolute Gasteiger partial charge is 0.255 e. The molecule has 1 aromatic heterocycles. The van der Waals surface area contributed by atoms with Crippen LogP contribution in [0.3, 0.4) is 0 Å². The fourth-order valence-electron chi connectivity index (χ4n) is 1.89. The van der Waals surface area contributed by atoms with Crippen molar-refractivity contribution in [3.63, 3.8) is 0 Å². The van der Waals surface area contributed by atoms with E-state index in [4.69, 9.17) is 10.5 Å². The monoisotopic (exact) mass is 238 g/mol. The number of methoxy groups -OCH3 is 1. The van der Waals surface area contributed by atoms with Crippen LogP contribution in [-0.4, -0.2) is 18.3 Å². The van der Waals surface area contributed by atoms with E-state index in [1.807, 2.05) is 16.7 Å². The summed E-state index contributed by atoms with van der Waals surface area (Å²) >= 11 is 0. The molecule has 0 aliphatic rings. The van der Waals surface area contributed by atoms with Crippen LogP contribution < -0.4 is 11.3 Å². The van der Waals surface area contributed by atoms with Crippen LogP contribution in [0.15, 0.2) is 16.9 Å². The molecule has 0 spiro atoms. The minimum absolute atomic E-state index is 0.0369. The van der Waals surface area contributed by atoms with Crippen LogP contribution in [0.4, 0.5) is 0 Å². The van der Waals surface area contributed by atoms with E-state index in [0.29, 0.717) is 31.2 Å². The predicted octanol–water partition coefficient (Wildman–Crippen LogP) is 1.47. The third-order valence-electron chi connectivity index (χ3n) is 2.83. The molecule has 0 bridgehead atoms. The van der Waals surface area contributed by atoms with E-state index in [9.17, 15) is 4.79 Å². The fourth-order valence-corrected chi connectivity index (χ4v) is 1.89. The lowest BCUT2D eigenvalue weighted by molar-refractivity contribution is 0.189. The van der Waals surface area contributed by atoms with Crippen LogP contribution in [0.25, 0.3) is 0 Å². The maximum absolute atomic E-state index is 12.2. The molecular weight excluding hydrogens is 216 g/mol. The number of aromatic nitrogens is 1. The predicted molar refractivity (Wildman–Crippen MR) is 69.2 cm³/mol. The van der Waals surface area contributed by atoms with Crippen molar-refractivity contribution in [2.45, 2.75) is 39.3 Å². The Kier molecular flexibility index (Phi) is 5.38. The molecule has 4 nitrogen and oxygen atoms in total. The molecule has 0 unspecified atom stereocenters. The number of hydrogen-bond acceptors (Lipinski definition) is 3. The lowest BCUT2D eigenvalue weighted by Gasteiger charge is -2.16. The van der Waals surface area contributed by atoms with E-state index in [2.05, 4.69) is 13.8 Å². The zero-order valence-corrected chi connectivity index (χ0v) is 10.9. The summed E-state index contributed by atoms with van der Waals surface area (Å²) in [5, 5.41) is 0. The van der Waals surface area contributed by atoms with Crippen molar-refractivity contribution in [2.75, 3.05) is 13.7 Å². The highest BCUT2D eigenvalue weighted by Crippen LogP contribution is 2.13.